The van der Waals surface area contributed by atoms with Crippen LogP contribution >= 0.6 is 0 Å². The molecule has 118 valence electrons. The summed E-state index contributed by atoms with van der Waals surface area (Å²) >= 11 is 0. The first-order valence-electron chi connectivity index (χ1n) is 7.30. The fraction of sp³-hybridized carbons (Fsp3) is 0.235. The van der Waals surface area contributed by atoms with E-state index in [1.807, 2.05) is 31.2 Å². The average Bonchev–Trinajstić information content (AvgIpc) is 2.86. The number of benzene rings is 1. The summed E-state index contributed by atoms with van der Waals surface area (Å²) in [5.74, 6) is 0.244. The van der Waals surface area contributed by atoms with Crippen LogP contribution < -0.4 is 10.9 Å². The number of H-pyrrole nitrogens is 1. The van der Waals surface area contributed by atoms with Gasteiger partial charge in [0.2, 0.25) is 0 Å². The quantitative estimate of drug-likeness (QED) is 0.777. The number of nitrogens with one attached hydrogen (secondary N) is 2. The molecule has 6 heteroatoms. The molecular formula is C17H17N3O3. The number of nitrogens with zero attached hydrogens (tertiary/aromatic N) is 1. The number of hydrogen-bond acceptors (Lipinski definition) is 4. The summed E-state index contributed by atoms with van der Waals surface area (Å²) in [4.78, 5) is 24.2. The number of furan rings is 1. The van der Waals surface area contributed by atoms with E-state index in [0.717, 1.165) is 16.5 Å². The van der Waals surface area contributed by atoms with Crippen LogP contribution in [-0.4, -0.2) is 16.1 Å². The second kappa shape index (κ2) is 5.72. The predicted octanol–water partition coefficient (Wildman–Crippen LogP) is 2.37. The van der Waals surface area contributed by atoms with Gasteiger partial charge in [-0.05, 0) is 32.4 Å². The third-order valence-electron chi connectivity index (χ3n) is 4.05. The number of hydrogen-bond donors (Lipinski definition) is 2. The van der Waals surface area contributed by atoms with Gasteiger partial charge in [0.1, 0.15) is 16.9 Å². The fourth-order valence-electron chi connectivity index (χ4n) is 2.54. The maximum Gasteiger partial charge on any atom is 0.277 e. The minimum Gasteiger partial charge on any atom is -0.459 e. The minimum absolute atomic E-state index is 0.0891. The number of fused-ring (bicyclic) bond motifs is 1. The van der Waals surface area contributed by atoms with Gasteiger partial charge in [0.05, 0.1) is 12.2 Å². The molecule has 0 bridgehead atoms. The number of aromatic amines is 1. The molecule has 0 spiro atoms. The van der Waals surface area contributed by atoms with Crippen molar-refractivity contribution < 1.29 is 9.21 Å². The van der Waals surface area contributed by atoms with Crippen molar-refractivity contribution in [3.05, 3.63) is 62.8 Å². The Labute approximate surface area is 132 Å². The lowest BCUT2D eigenvalue weighted by Gasteiger charge is -2.07. The number of rotatable bonds is 3. The Balaban J connectivity index is 1.85. The third kappa shape index (κ3) is 2.63. The highest BCUT2D eigenvalue weighted by Gasteiger charge is 2.17. The van der Waals surface area contributed by atoms with E-state index in [-0.39, 0.29) is 12.1 Å². The SMILES string of the molecule is Cc1n[nH]c(=O)c(C(=O)NCc2oc3ccccc3c2C)c1C. The summed E-state index contributed by atoms with van der Waals surface area (Å²) in [7, 11) is 0. The zero-order valence-electron chi connectivity index (χ0n) is 13.2. The fourth-order valence-corrected chi connectivity index (χ4v) is 2.54. The van der Waals surface area contributed by atoms with E-state index in [1.54, 1.807) is 13.8 Å². The zero-order valence-corrected chi connectivity index (χ0v) is 13.2. The van der Waals surface area contributed by atoms with E-state index >= 15 is 0 Å². The topological polar surface area (TPSA) is 88.0 Å². The first-order valence-corrected chi connectivity index (χ1v) is 7.30. The first-order chi connectivity index (χ1) is 11.0. The van der Waals surface area contributed by atoms with Crippen molar-refractivity contribution in [3.63, 3.8) is 0 Å². The summed E-state index contributed by atoms with van der Waals surface area (Å²) in [5.41, 5.74) is 2.56. The molecule has 3 aromatic rings. The Morgan fingerprint density at radius 1 is 1.22 bits per heavy atom. The Bertz CT molecular complexity index is 953. The molecule has 0 unspecified atom stereocenters. The number of aromatic nitrogens is 2. The van der Waals surface area contributed by atoms with Crippen LogP contribution in [0.25, 0.3) is 11.0 Å². The molecule has 2 heterocycles. The molecule has 0 fully saturated rings. The zero-order chi connectivity index (χ0) is 16.6. The lowest BCUT2D eigenvalue weighted by Crippen LogP contribution is -2.31. The predicted molar refractivity (Wildman–Crippen MR) is 86.5 cm³/mol. The van der Waals surface area contributed by atoms with Gasteiger partial charge >= 0.3 is 0 Å². The summed E-state index contributed by atoms with van der Waals surface area (Å²) < 4.78 is 5.76. The van der Waals surface area contributed by atoms with Gasteiger partial charge in [-0.3, -0.25) is 9.59 Å². The van der Waals surface area contributed by atoms with Crippen molar-refractivity contribution in [2.24, 2.45) is 0 Å². The molecule has 0 aliphatic carbocycles. The smallest absolute Gasteiger partial charge is 0.277 e. The van der Waals surface area contributed by atoms with Crippen LogP contribution in [0.4, 0.5) is 0 Å². The van der Waals surface area contributed by atoms with Crippen molar-refractivity contribution in [2.45, 2.75) is 27.3 Å². The molecule has 0 atom stereocenters. The van der Waals surface area contributed by atoms with Gasteiger partial charge in [-0.25, -0.2) is 5.10 Å². The van der Waals surface area contributed by atoms with Crippen molar-refractivity contribution in [1.82, 2.24) is 15.5 Å². The third-order valence-corrected chi connectivity index (χ3v) is 4.05. The Kier molecular flexibility index (Phi) is 3.73. The average molecular weight is 311 g/mol. The van der Waals surface area contributed by atoms with Crippen LogP contribution in [0.2, 0.25) is 0 Å². The van der Waals surface area contributed by atoms with E-state index in [0.29, 0.717) is 17.0 Å². The van der Waals surface area contributed by atoms with E-state index in [4.69, 9.17) is 4.42 Å². The molecule has 0 saturated carbocycles. The van der Waals surface area contributed by atoms with Gasteiger partial charge in [0.15, 0.2) is 0 Å². The van der Waals surface area contributed by atoms with E-state index in [2.05, 4.69) is 15.5 Å². The molecule has 0 aliphatic heterocycles. The summed E-state index contributed by atoms with van der Waals surface area (Å²) in [6.07, 6.45) is 0. The lowest BCUT2D eigenvalue weighted by atomic mass is 10.1. The van der Waals surface area contributed by atoms with Gasteiger partial charge in [0.25, 0.3) is 11.5 Å². The standard InChI is InChI=1S/C17H17N3O3/c1-9-11(3)19-20-17(22)15(9)16(21)18-8-14-10(2)12-6-4-5-7-13(12)23-14/h4-7H,8H2,1-3H3,(H,18,21)(H,20,22). The molecule has 2 aromatic heterocycles. The first kappa shape index (κ1) is 15.0. The number of carbonyl (C=O) groups is 1. The summed E-state index contributed by atoms with van der Waals surface area (Å²) in [6.45, 7) is 5.62. The molecule has 1 amide bonds. The second-order valence-corrected chi connectivity index (χ2v) is 5.47. The van der Waals surface area contributed by atoms with Gasteiger partial charge in [-0.2, -0.15) is 5.10 Å². The normalized spacial score (nSPS) is 10.9. The summed E-state index contributed by atoms with van der Waals surface area (Å²) in [6, 6.07) is 7.70. The van der Waals surface area contributed by atoms with Crippen LogP contribution in [-0.2, 0) is 6.54 Å². The highest BCUT2D eigenvalue weighted by atomic mass is 16.3. The maximum atomic E-state index is 12.3. The minimum atomic E-state index is -0.494. The number of carbonyl (C=O) groups excluding carboxylic acids is 1. The van der Waals surface area contributed by atoms with Crippen molar-refractivity contribution >= 4 is 16.9 Å². The molecule has 3 rings (SSSR count). The molecule has 2 N–H and O–H groups in total. The Morgan fingerprint density at radius 3 is 2.70 bits per heavy atom. The van der Waals surface area contributed by atoms with Crippen molar-refractivity contribution in [1.29, 1.82) is 0 Å². The largest absolute Gasteiger partial charge is 0.459 e. The monoisotopic (exact) mass is 311 g/mol. The highest BCUT2D eigenvalue weighted by Crippen LogP contribution is 2.24. The van der Waals surface area contributed by atoms with Crippen LogP contribution in [0.1, 0.15) is 32.9 Å². The molecular weight excluding hydrogens is 294 g/mol. The van der Waals surface area contributed by atoms with Crippen LogP contribution in [0.3, 0.4) is 0 Å². The van der Waals surface area contributed by atoms with E-state index < -0.39 is 11.5 Å². The molecule has 0 saturated heterocycles. The Morgan fingerprint density at radius 2 is 1.96 bits per heavy atom. The molecule has 23 heavy (non-hydrogen) atoms. The van der Waals surface area contributed by atoms with E-state index in [9.17, 15) is 9.59 Å². The van der Waals surface area contributed by atoms with Gasteiger partial charge in [0, 0.05) is 10.9 Å². The molecule has 6 nitrogen and oxygen atoms in total. The highest BCUT2D eigenvalue weighted by molar-refractivity contribution is 5.95. The molecule has 0 radical (unpaired) electrons. The summed E-state index contributed by atoms with van der Waals surface area (Å²) in [5, 5.41) is 9.94. The lowest BCUT2D eigenvalue weighted by molar-refractivity contribution is 0.0945. The Hall–Kier alpha value is -2.89. The van der Waals surface area contributed by atoms with Gasteiger partial charge < -0.3 is 9.73 Å². The van der Waals surface area contributed by atoms with Crippen molar-refractivity contribution in [3.8, 4) is 0 Å². The van der Waals surface area contributed by atoms with Crippen LogP contribution in [0, 0.1) is 20.8 Å². The molecule has 0 aliphatic rings. The van der Waals surface area contributed by atoms with Crippen LogP contribution in [0.15, 0.2) is 33.5 Å². The molecule has 1 aromatic carbocycles. The van der Waals surface area contributed by atoms with E-state index in [1.165, 1.54) is 0 Å². The number of para-hydroxylation sites is 1. The number of amides is 1. The van der Waals surface area contributed by atoms with Gasteiger partial charge in [-0.15, -0.1) is 0 Å². The number of aryl methyl sites for hydroxylation is 2. The maximum absolute atomic E-state index is 12.3. The van der Waals surface area contributed by atoms with Gasteiger partial charge in [-0.1, -0.05) is 18.2 Å². The van der Waals surface area contributed by atoms with Crippen LogP contribution in [0.5, 0.6) is 0 Å². The second-order valence-electron chi connectivity index (χ2n) is 5.47. The van der Waals surface area contributed by atoms with Crippen molar-refractivity contribution in [2.75, 3.05) is 0 Å².